The molecule has 5 heteroatoms. The molecular formula is C19H14ClNO2S. The molecular weight excluding hydrogens is 342 g/mol. The van der Waals surface area contributed by atoms with Gasteiger partial charge in [0.05, 0.1) is 9.90 Å². The quantitative estimate of drug-likeness (QED) is 0.435. The van der Waals surface area contributed by atoms with Gasteiger partial charge >= 0.3 is 0 Å². The average Bonchev–Trinajstić information content (AvgIpc) is 3.13. The number of carbonyl (C=O) groups excluding carboxylic acids is 1. The summed E-state index contributed by atoms with van der Waals surface area (Å²) in [6.45, 7) is 0. The lowest BCUT2D eigenvalue weighted by Gasteiger charge is -2.08. The molecule has 0 radical (unpaired) electrons. The Morgan fingerprint density at radius 1 is 1.04 bits per heavy atom. The van der Waals surface area contributed by atoms with E-state index in [2.05, 4.69) is 5.32 Å². The number of hydrogen-bond acceptors (Lipinski definition) is 4. The largest absolute Gasteiger partial charge is 0.456 e. The maximum absolute atomic E-state index is 11.8. The van der Waals surface area contributed by atoms with Crippen LogP contribution in [0.2, 0.25) is 5.02 Å². The van der Waals surface area contributed by atoms with Crippen LogP contribution in [0, 0.1) is 0 Å². The molecule has 0 fully saturated rings. The smallest absolute Gasteiger partial charge is 0.197 e. The van der Waals surface area contributed by atoms with Gasteiger partial charge < -0.3 is 10.1 Å². The van der Waals surface area contributed by atoms with Gasteiger partial charge in [-0.3, -0.25) is 4.79 Å². The van der Waals surface area contributed by atoms with Crippen molar-refractivity contribution in [3.63, 3.8) is 0 Å². The van der Waals surface area contributed by atoms with E-state index >= 15 is 0 Å². The van der Waals surface area contributed by atoms with E-state index in [1.54, 1.807) is 18.3 Å². The lowest BCUT2D eigenvalue weighted by atomic mass is 10.3. The summed E-state index contributed by atoms with van der Waals surface area (Å²) in [6.07, 6.45) is 3.14. The summed E-state index contributed by atoms with van der Waals surface area (Å²) in [5, 5.41) is 5.51. The Balaban J connectivity index is 1.59. The zero-order chi connectivity index (χ0) is 16.8. The van der Waals surface area contributed by atoms with Crippen molar-refractivity contribution < 1.29 is 9.53 Å². The standard InChI is InChI=1S/C19H14ClNO2S/c20-16-4-1-2-5-18(16)23-15-9-7-14(8-10-15)21-12-11-17(22)19-6-3-13-24-19/h1-13,21H/b12-11+. The Morgan fingerprint density at radius 3 is 2.54 bits per heavy atom. The number of halogens is 1. The molecule has 3 nitrogen and oxygen atoms in total. The lowest BCUT2D eigenvalue weighted by Crippen LogP contribution is -1.93. The highest BCUT2D eigenvalue weighted by molar-refractivity contribution is 7.12. The van der Waals surface area contributed by atoms with Gasteiger partial charge in [-0.05, 0) is 47.8 Å². The van der Waals surface area contributed by atoms with Gasteiger partial charge in [0.15, 0.2) is 5.78 Å². The fourth-order valence-corrected chi connectivity index (χ4v) is 2.81. The predicted octanol–water partition coefficient (Wildman–Crippen LogP) is 6.00. The Kier molecular flexibility index (Phi) is 5.31. The van der Waals surface area contributed by atoms with Gasteiger partial charge in [-0.15, -0.1) is 11.3 Å². The van der Waals surface area contributed by atoms with Crippen LogP contribution in [0.15, 0.2) is 78.3 Å². The number of para-hydroxylation sites is 1. The zero-order valence-corrected chi connectivity index (χ0v) is 14.2. The van der Waals surface area contributed by atoms with Crippen LogP contribution < -0.4 is 10.1 Å². The van der Waals surface area contributed by atoms with Crippen LogP contribution in [-0.2, 0) is 0 Å². The topological polar surface area (TPSA) is 38.3 Å². The fourth-order valence-electron chi connectivity index (χ4n) is 1.99. The van der Waals surface area contributed by atoms with Crippen molar-refractivity contribution in [3.8, 4) is 11.5 Å². The van der Waals surface area contributed by atoms with E-state index in [1.165, 1.54) is 17.4 Å². The van der Waals surface area contributed by atoms with Gasteiger partial charge in [-0.2, -0.15) is 0 Å². The molecule has 0 saturated carbocycles. The van der Waals surface area contributed by atoms with Gasteiger partial charge in [-0.25, -0.2) is 0 Å². The van der Waals surface area contributed by atoms with Crippen molar-refractivity contribution >= 4 is 34.4 Å². The molecule has 0 aliphatic rings. The average molecular weight is 356 g/mol. The third-order valence-electron chi connectivity index (χ3n) is 3.17. The van der Waals surface area contributed by atoms with E-state index in [0.717, 1.165) is 10.6 Å². The first-order valence-electron chi connectivity index (χ1n) is 7.26. The molecule has 0 bridgehead atoms. The van der Waals surface area contributed by atoms with Crippen molar-refractivity contribution in [2.45, 2.75) is 0 Å². The molecule has 2 aromatic carbocycles. The molecule has 0 saturated heterocycles. The van der Waals surface area contributed by atoms with Crippen molar-refractivity contribution in [2.24, 2.45) is 0 Å². The molecule has 3 rings (SSSR count). The second-order valence-corrected chi connectivity index (χ2v) is 6.23. The SMILES string of the molecule is O=C(/C=C/Nc1ccc(Oc2ccccc2Cl)cc1)c1cccs1. The van der Waals surface area contributed by atoms with Gasteiger partial charge in [0.25, 0.3) is 0 Å². The molecule has 120 valence electrons. The number of thiophene rings is 1. The van der Waals surface area contributed by atoms with E-state index in [4.69, 9.17) is 16.3 Å². The molecule has 24 heavy (non-hydrogen) atoms. The van der Waals surface area contributed by atoms with E-state index < -0.39 is 0 Å². The van der Waals surface area contributed by atoms with Crippen LogP contribution >= 0.6 is 22.9 Å². The Labute approximate surface area is 149 Å². The van der Waals surface area contributed by atoms with Crippen molar-refractivity contribution in [3.05, 3.63) is 88.2 Å². The van der Waals surface area contributed by atoms with Crippen molar-refractivity contribution in [2.75, 3.05) is 5.32 Å². The molecule has 0 spiro atoms. The number of allylic oxidation sites excluding steroid dienone is 1. The number of rotatable bonds is 6. The minimum Gasteiger partial charge on any atom is -0.456 e. The number of anilines is 1. The molecule has 1 aromatic heterocycles. The monoisotopic (exact) mass is 355 g/mol. The third kappa shape index (κ3) is 4.25. The van der Waals surface area contributed by atoms with Crippen molar-refractivity contribution in [1.82, 2.24) is 0 Å². The summed E-state index contributed by atoms with van der Waals surface area (Å²) in [4.78, 5) is 12.6. The summed E-state index contributed by atoms with van der Waals surface area (Å²) in [5.74, 6) is 1.28. The van der Waals surface area contributed by atoms with Gasteiger partial charge in [0.1, 0.15) is 11.5 Å². The van der Waals surface area contributed by atoms with E-state index in [0.29, 0.717) is 16.5 Å². The first-order chi connectivity index (χ1) is 11.7. The first kappa shape index (κ1) is 16.3. The molecule has 1 N–H and O–H groups in total. The predicted molar refractivity (Wildman–Crippen MR) is 99.4 cm³/mol. The highest BCUT2D eigenvalue weighted by Gasteiger charge is 2.03. The normalized spacial score (nSPS) is 10.7. The second kappa shape index (κ2) is 7.81. The molecule has 0 aliphatic heterocycles. The minimum atomic E-state index is -0.0174. The van der Waals surface area contributed by atoms with Crippen LogP contribution in [0.4, 0.5) is 5.69 Å². The number of benzene rings is 2. The fraction of sp³-hybridized carbons (Fsp3) is 0. The molecule has 0 amide bonds. The van der Waals surface area contributed by atoms with E-state index in [-0.39, 0.29) is 5.78 Å². The summed E-state index contributed by atoms with van der Waals surface area (Å²) in [7, 11) is 0. The highest BCUT2D eigenvalue weighted by Crippen LogP contribution is 2.29. The number of nitrogens with one attached hydrogen (secondary N) is 1. The van der Waals surface area contributed by atoms with Crippen LogP contribution in [0.1, 0.15) is 9.67 Å². The summed E-state index contributed by atoms with van der Waals surface area (Å²) < 4.78 is 5.73. The highest BCUT2D eigenvalue weighted by atomic mass is 35.5. The molecule has 0 atom stereocenters. The Hall–Kier alpha value is -2.56. The third-order valence-corrected chi connectivity index (χ3v) is 4.36. The number of carbonyl (C=O) groups is 1. The maximum atomic E-state index is 11.8. The second-order valence-electron chi connectivity index (χ2n) is 4.88. The Morgan fingerprint density at radius 2 is 1.83 bits per heavy atom. The van der Waals surface area contributed by atoms with Gasteiger partial charge in [0.2, 0.25) is 0 Å². The molecule has 1 heterocycles. The van der Waals surface area contributed by atoms with Gasteiger partial charge in [-0.1, -0.05) is 29.8 Å². The number of ketones is 1. The minimum absolute atomic E-state index is 0.0174. The number of hydrogen-bond donors (Lipinski definition) is 1. The lowest BCUT2D eigenvalue weighted by molar-refractivity contribution is 0.105. The van der Waals surface area contributed by atoms with E-state index in [1.807, 2.05) is 53.9 Å². The molecule has 0 aliphatic carbocycles. The summed E-state index contributed by atoms with van der Waals surface area (Å²) >= 11 is 7.49. The van der Waals surface area contributed by atoms with Crippen LogP contribution in [0.5, 0.6) is 11.5 Å². The molecule has 3 aromatic rings. The Bertz CT molecular complexity index is 842. The van der Waals surface area contributed by atoms with Crippen LogP contribution in [0.3, 0.4) is 0 Å². The maximum Gasteiger partial charge on any atom is 0.197 e. The first-order valence-corrected chi connectivity index (χ1v) is 8.51. The zero-order valence-electron chi connectivity index (χ0n) is 12.6. The van der Waals surface area contributed by atoms with Crippen LogP contribution in [0.25, 0.3) is 0 Å². The van der Waals surface area contributed by atoms with Crippen LogP contribution in [-0.4, -0.2) is 5.78 Å². The summed E-state index contributed by atoms with van der Waals surface area (Å²) in [5.41, 5.74) is 0.858. The number of ether oxygens (including phenoxy) is 1. The van der Waals surface area contributed by atoms with Gasteiger partial charge in [0, 0.05) is 18.0 Å². The molecule has 0 unspecified atom stereocenters. The summed E-state index contributed by atoms with van der Waals surface area (Å²) in [6, 6.07) is 18.4. The van der Waals surface area contributed by atoms with E-state index in [9.17, 15) is 4.79 Å². The van der Waals surface area contributed by atoms with Crippen molar-refractivity contribution in [1.29, 1.82) is 0 Å².